The highest BCUT2D eigenvalue weighted by Gasteiger charge is 2.25. The van der Waals surface area contributed by atoms with Gasteiger partial charge in [-0.15, -0.1) is 0 Å². The second kappa shape index (κ2) is 8.35. The van der Waals surface area contributed by atoms with E-state index in [0.717, 1.165) is 18.9 Å². The highest BCUT2D eigenvalue weighted by molar-refractivity contribution is 4.81. The van der Waals surface area contributed by atoms with Crippen LogP contribution in [0.5, 0.6) is 0 Å². The first-order chi connectivity index (χ1) is 9.31. The van der Waals surface area contributed by atoms with Crippen LogP contribution in [-0.2, 0) is 0 Å². The van der Waals surface area contributed by atoms with E-state index in [1.54, 1.807) is 0 Å². The fraction of sp³-hybridized carbons (Fsp3) is 1.00. The van der Waals surface area contributed by atoms with Crippen molar-refractivity contribution in [2.75, 3.05) is 26.2 Å². The quantitative estimate of drug-likeness (QED) is 0.754. The molecule has 1 rings (SSSR count). The first kappa shape index (κ1) is 17.9. The Morgan fingerprint density at radius 2 is 2.05 bits per heavy atom. The number of aliphatic hydroxyl groups excluding tert-OH is 1. The lowest BCUT2D eigenvalue weighted by molar-refractivity contribution is 0.105. The molecule has 1 fully saturated rings. The van der Waals surface area contributed by atoms with Crippen molar-refractivity contribution < 1.29 is 5.11 Å². The van der Waals surface area contributed by atoms with E-state index in [2.05, 4.69) is 44.8 Å². The average Bonchev–Trinajstić information content (AvgIpc) is 2.34. The number of rotatable bonds is 7. The molecule has 1 saturated heterocycles. The lowest BCUT2D eigenvalue weighted by Crippen LogP contribution is -2.46. The van der Waals surface area contributed by atoms with Crippen LogP contribution in [0, 0.1) is 11.3 Å². The van der Waals surface area contributed by atoms with Crippen LogP contribution in [0.2, 0.25) is 0 Å². The minimum Gasteiger partial charge on any atom is -0.392 e. The Balaban J connectivity index is 2.29. The van der Waals surface area contributed by atoms with Gasteiger partial charge in [-0.1, -0.05) is 27.7 Å². The fourth-order valence-electron chi connectivity index (χ4n) is 3.29. The second-order valence-electron chi connectivity index (χ2n) is 7.82. The maximum Gasteiger partial charge on any atom is 0.0669 e. The molecule has 3 nitrogen and oxygen atoms in total. The molecule has 0 spiro atoms. The summed E-state index contributed by atoms with van der Waals surface area (Å²) in [6.07, 6.45) is 4.52. The van der Waals surface area contributed by atoms with Gasteiger partial charge in [-0.2, -0.15) is 0 Å². The van der Waals surface area contributed by atoms with Crippen molar-refractivity contribution in [1.82, 2.24) is 10.2 Å². The summed E-state index contributed by atoms with van der Waals surface area (Å²) in [4.78, 5) is 2.60. The van der Waals surface area contributed by atoms with Gasteiger partial charge in [0.2, 0.25) is 0 Å². The van der Waals surface area contributed by atoms with Crippen LogP contribution in [0.3, 0.4) is 0 Å². The Labute approximate surface area is 126 Å². The average molecular weight is 284 g/mol. The Morgan fingerprint density at radius 1 is 1.35 bits per heavy atom. The summed E-state index contributed by atoms with van der Waals surface area (Å²) >= 11 is 0. The van der Waals surface area contributed by atoms with Gasteiger partial charge in [-0.25, -0.2) is 0 Å². The van der Waals surface area contributed by atoms with Crippen molar-refractivity contribution in [2.24, 2.45) is 11.3 Å². The van der Waals surface area contributed by atoms with Crippen LogP contribution in [0.15, 0.2) is 0 Å². The van der Waals surface area contributed by atoms with Gasteiger partial charge in [0.05, 0.1) is 6.10 Å². The van der Waals surface area contributed by atoms with E-state index >= 15 is 0 Å². The lowest BCUT2D eigenvalue weighted by atomic mass is 9.88. The van der Waals surface area contributed by atoms with Crippen LogP contribution in [0.4, 0.5) is 0 Å². The zero-order valence-electron chi connectivity index (χ0n) is 14.3. The summed E-state index contributed by atoms with van der Waals surface area (Å²) in [7, 11) is 0. The Bertz CT molecular complexity index is 260. The molecule has 3 unspecified atom stereocenters. The maximum atomic E-state index is 10.1. The third-order valence-electron chi connectivity index (χ3n) is 4.31. The Hall–Kier alpha value is -0.120. The number of piperidine rings is 1. The number of aliphatic hydroxyl groups is 1. The highest BCUT2D eigenvalue weighted by Crippen LogP contribution is 2.22. The molecule has 120 valence electrons. The zero-order valence-corrected chi connectivity index (χ0v) is 14.3. The van der Waals surface area contributed by atoms with Gasteiger partial charge in [0.15, 0.2) is 0 Å². The summed E-state index contributed by atoms with van der Waals surface area (Å²) < 4.78 is 0. The van der Waals surface area contributed by atoms with Gasteiger partial charge in [0.1, 0.15) is 0 Å². The summed E-state index contributed by atoms with van der Waals surface area (Å²) in [5, 5.41) is 13.7. The molecule has 0 aromatic rings. The highest BCUT2D eigenvalue weighted by atomic mass is 16.3. The molecule has 0 amide bonds. The third-order valence-corrected chi connectivity index (χ3v) is 4.31. The molecule has 1 heterocycles. The lowest BCUT2D eigenvalue weighted by Gasteiger charge is -2.36. The maximum absolute atomic E-state index is 10.1. The summed E-state index contributed by atoms with van der Waals surface area (Å²) in [5.74, 6) is 0.733. The van der Waals surface area contributed by atoms with E-state index < -0.39 is 0 Å². The minimum atomic E-state index is -0.229. The van der Waals surface area contributed by atoms with E-state index in [-0.39, 0.29) is 11.5 Å². The number of likely N-dealkylation sites (tertiary alicyclic amines) is 1. The van der Waals surface area contributed by atoms with Gasteiger partial charge < -0.3 is 15.3 Å². The van der Waals surface area contributed by atoms with Crippen molar-refractivity contribution in [2.45, 2.75) is 72.4 Å². The van der Waals surface area contributed by atoms with Gasteiger partial charge in [-0.3, -0.25) is 0 Å². The van der Waals surface area contributed by atoms with Crippen LogP contribution >= 0.6 is 0 Å². The van der Waals surface area contributed by atoms with E-state index in [1.165, 1.54) is 38.9 Å². The number of nitrogens with one attached hydrogen (secondary N) is 1. The topological polar surface area (TPSA) is 35.5 Å². The number of hydrogen-bond acceptors (Lipinski definition) is 3. The largest absolute Gasteiger partial charge is 0.392 e. The molecule has 0 aromatic heterocycles. The van der Waals surface area contributed by atoms with E-state index in [0.29, 0.717) is 6.04 Å². The van der Waals surface area contributed by atoms with Crippen molar-refractivity contribution in [3.05, 3.63) is 0 Å². The van der Waals surface area contributed by atoms with Crippen LogP contribution in [0.25, 0.3) is 0 Å². The second-order valence-corrected chi connectivity index (χ2v) is 7.82. The standard InChI is InChI=1S/C17H36N2O/c1-6-9-19-10-7-8-15(13-19)14(2)18-12-16(20)11-17(3,4)5/h14-16,18,20H,6-13H2,1-5H3. The molecule has 0 radical (unpaired) electrons. The smallest absolute Gasteiger partial charge is 0.0669 e. The summed E-state index contributed by atoms with van der Waals surface area (Å²) in [6.45, 7) is 15.5. The molecule has 3 heteroatoms. The van der Waals surface area contributed by atoms with Crippen molar-refractivity contribution in [3.8, 4) is 0 Å². The van der Waals surface area contributed by atoms with Crippen molar-refractivity contribution >= 4 is 0 Å². The molecular weight excluding hydrogens is 248 g/mol. The zero-order chi connectivity index (χ0) is 15.2. The molecular formula is C17H36N2O. The molecule has 1 aliphatic heterocycles. The molecule has 0 saturated carbocycles. The Morgan fingerprint density at radius 3 is 2.65 bits per heavy atom. The Kier molecular flexibility index (Phi) is 7.49. The SMILES string of the molecule is CCCN1CCCC(C(C)NCC(O)CC(C)(C)C)C1. The van der Waals surface area contributed by atoms with Crippen LogP contribution in [0.1, 0.15) is 60.3 Å². The van der Waals surface area contributed by atoms with Gasteiger partial charge in [0.25, 0.3) is 0 Å². The normalized spacial score (nSPS) is 24.6. The number of nitrogens with zero attached hydrogens (tertiary/aromatic N) is 1. The van der Waals surface area contributed by atoms with E-state index in [9.17, 15) is 5.11 Å². The fourth-order valence-corrected chi connectivity index (χ4v) is 3.29. The number of hydrogen-bond donors (Lipinski definition) is 2. The third kappa shape index (κ3) is 7.05. The van der Waals surface area contributed by atoms with Crippen molar-refractivity contribution in [3.63, 3.8) is 0 Å². The molecule has 0 aromatic carbocycles. The van der Waals surface area contributed by atoms with Gasteiger partial charge in [-0.05, 0) is 57.0 Å². The van der Waals surface area contributed by atoms with Gasteiger partial charge in [0, 0.05) is 19.1 Å². The molecule has 3 atom stereocenters. The molecule has 2 N–H and O–H groups in total. The van der Waals surface area contributed by atoms with Gasteiger partial charge >= 0.3 is 0 Å². The first-order valence-electron chi connectivity index (χ1n) is 8.45. The minimum absolute atomic E-state index is 0.201. The predicted octanol–water partition coefficient (Wildman–Crippen LogP) is 2.88. The van der Waals surface area contributed by atoms with E-state index in [4.69, 9.17) is 0 Å². The first-order valence-corrected chi connectivity index (χ1v) is 8.45. The molecule has 0 aliphatic carbocycles. The van der Waals surface area contributed by atoms with Crippen molar-refractivity contribution in [1.29, 1.82) is 0 Å². The monoisotopic (exact) mass is 284 g/mol. The van der Waals surface area contributed by atoms with E-state index in [1.807, 2.05) is 0 Å². The molecule has 0 bridgehead atoms. The molecule has 1 aliphatic rings. The summed E-state index contributed by atoms with van der Waals surface area (Å²) in [5.41, 5.74) is 0.201. The predicted molar refractivity (Wildman–Crippen MR) is 87.0 cm³/mol. The molecule has 20 heavy (non-hydrogen) atoms. The van der Waals surface area contributed by atoms with Crippen LogP contribution < -0.4 is 5.32 Å². The summed E-state index contributed by atoms with van der Waals surface area (Å²) in [6, 6.07) is 0.504. The van der Waals surface area contributed by atoms with Crippen LogP contribution in [-0.4, -0.2) is 48.3 Å².